The van der Waals surface area contributed by atoms with Crippen molar-refractivity contribution >= 4 is 45.7 Å². The molecular formula is C17H15ClN6O5. The van der Waals surface area contributed by atoms with Crippen molar-refractivity contribution < 1.29 is 13.9 Å². The molecular weight excluding hydrogens is 404 g/mol. The first-order chi connectivity index (χ1) is 13.8. The largest absolute Gasteiger partial charge is 0.495 e. The van der Waals surface area contributed by atoms with Gasteiger partial charge in [-0.1, -0.05) is 11.6 Å². The molecule has 150 valence electrons. The Morgan fingerprint density at radius 3 is 2.79 bits per heavy atom. The minimum absolute atomic E-state index is 0.0329. The number of aromatic nitrogens is 5. The van der Waals surface area contributed by atoms with E-state index in [1.165, 1.54) is 31.8 Å². The number of oxazole rings is 1. The average molecular weight is 419 g/mol. The van der Waals surface area contributed by atoms with Crippen molar-refractivity contribution in [3.63, 3.8) is 0 Å². The van der Waals surface area contributed by atoms with Crippen molar-refractivity contribution in [3.05, 3.63) is 43.7 Å². The van der Waals surface area contributed by atoms with Crippen molar-refractivity contribution in [2.24, 2.45) is 14.1 Å². The molecule has 3 aromatic heterocycles. The molecule has 0 fully saturated rings. The zero-order valence-corrected chi connectivity index (χ0v) is 16.3. The summed E-state index contributed by atoms with van der Waals surface area (Å²) in [6.45, 7) is 0. The molecule has 4 rings (SSSR count). The molecule has 0 aliphatic rings. The van der Waals surface area contributed by atoms with E-state index < -0.39 is 17.2 Å². The monoisotopic (exact) mass is 418 g/mol. The van der Waals surface area contributed by atoms with Crippen molar-refractivity contribution in [2.75, 3.05) is 12.4 Å². The number of methoxy groups -OCH3 is 1. The second-order valence-electron chi connectivity index (χ2n) is 6.30. The zero-order chi connectivity index (χ0) is 20.9. The molecule has 0 spiro atoms. The number of benzene rings is 1. The van der Waals surface area contributed by atoms with Gasteiger partial charge in [-0.15, -0.1) is 0 Å². The molecule has 0 aliphatic carbocycles. The SMILES string of the molecule is COc1cc2nc(NC(=O)Cc3n[nH]c4c3c(=O)n(C)c(=O)n4C)oc2cc1Cl. The van der Waals surface area contributed by atoms with Gasteiger partial charge in [0.25, 0.3) is 5.56 Å². The van der Waals surface area contributed by atoms with Gasteiger partial charge in [-0.05, 0) is 0 Å². The summed E-state index contributed by atoms with van der Waals surface area (Å²) in [4.78, 5) is 41.0. The van der Waals surface area contributed by atoms with Gasteiger partial charge >= 0.3 is 11.7 Å². The number of H-pyrrole nitrogens is 1. The summed E-state index contributed by atoms with van der Waals surface area (Å²) in [6, 6.07) is 3.08. The number of hydrogen-bond acceptors (Lipinski definition) is 7. The maximum Gasteiger partial charge on any atom is 0.332 e. The number of carbonyl (C=O) groups excluding carboxylic acids is 1. The van der Waals surface area contributed by atoms with E-state index in [4.69, 9.17) is 20.8 Å². The van der Waals surface area contributed by atoms with Crippen molar-refractivity contribution in [1.29, 1.82) is 0 Å². The van der Waals surface area contributed by atoms with Crippen LogP contribution in [0.25, 0.3) is 22.1 Å². The van der Waals surface area contributed by atoms with E-state index >= 15 is 0 Å². The number of nitrogens with zero attached hydrogens (tertiary/aromatic N) is 4. The van der Waals surface area contributed by atoms with Gasteiger partial charge in [0.2, 0.25) is 5.91 Å². The van der Waals surface area contributed by atoms with E-state index in [-0.39, 0.29) is 29.2 Å². The molecule has 0 unspecified atom stereocenters. The van der Waals surface area contributed by atoms with Crippen LogP contribution in [0, 0.1) is 0 Å². The van der Waals surface area contributed by atoms with Crippen LogP contribution in [0.15, 0.2) is 26.1 Å². The molecule has 0 atom stereocenters. The van der Waals surface area contributed by atoms with Crippen LogP contribution in [0.1, 0.15) is 5.69 Å². The minimum atomic E-state index is -0.539. The van der Waals surface area contributed by atoms with Gasteiger partial charge in [0, 0.05) is 26.2 Å². The Balaban J connectivity index is 1.63. The number of nitrogens with one attached hydrogen (secondary N) is 2. The maximum absolute atomic E-state index is 12.4. The second-order valence-corrected chi connectivity index (χ2v) is 6.71. The summed E-state index contributed by atoms with van der Waals surface area (Å²) >= 11 is 6.05. The number of ether oxygens (including phenoxy) is 1. The Kier molecular flexibility index (Phi) is 4.38. The van der Waals surface area contributed by atoms with Gasteiger partial charge in [0.05, 0.1) is 24.2 Å². The number of carbonyl (C=O) groups is 1. The molecule has 0 radical (unpaired) electrons. The normalized spacial score (nSPS) is 11.3. The van der Waals surface area contributed by atoms with Gasteiger partial charge in [0.1, 0.15) is 22.3 Å². The third kappa shape index (κ3) is 3.05. The Bertz CT molecular complexity index is 1400. The van der Waals surface area contributed by atoms with E-state index in [1.807, 2.05) is 0 Å². The summed E-state index contributed by atoms with van der Waals surface area (Å²) in [7, 11) is 4.34. The number of rotatable bonds is 4. The second kappa shape index (κ2) is 6.78. The molecule has 11 nitrogen and oxygen atoms in total. The molecule has 1 amide bonds. The van der Waals surface area contributed by atoms with E-state index in [2.05, 4.69) is 20.5 Å². The molecule has 3 heterocycles. The van der Waals surface area contributed by atoms with E-state index in [9.17, 15) is 14.4 Å². The number of halogens is 1. The molecule has 1 aromatic carbocycles. The Hall–Kier alpha value is -3.60. The van der Waals surface area contributed by atoms with Crippen LogP contribution in [0.3, 0.4) is 0 Å². The fraction of sp³-hybridized carbons (Fsp3) is 0.235. The Morgan fingerprint density at radius 2 is 2.07 bits per heavy atom. The standard InChI is InChI=1S/C17H15ClN6O5/c1-23-14-13(15(26)24(2)17(23)27)9(21-22-14)6-12(25)20-16-19-8-5-10(28-3)7(18)4-11(8)29-16/h4-5H,6H2,1-3H3,(H,21,22)(H,19,20,25). The van der Waals surface area contributed by atoms with E-state index in [0.29, 0.717) is 21.9 Å². The van der Waals surface area contributed by atoms with Gasteiger partial charge in [-0.3, -0.25) is 29.1 Å². The van der Waals surface area contributed by atoms with Gasteiger partial charge in [0.15, 0.2) is 5.58 Å². The highest BCUT2D eigenvalue weighted by Gasteiger charge is 2.19. The highest BCUT2D eigenvalue weighted by Crippen LogP contribution is 2.31. The summed E-state index contributed by atoms with van der Waals surface area (Å²) in [6.07, 6.45) is -0.226. The minimum Gasteiger partial charge on any atom is -0.495 e. The van der Waals surface area contributed by atoms with Crippen molar-refractivity contribution in [1.82, 2.24) is 24.3 Å². The fourth-order valence-corrected chi connectivity index (χ4v) is 3.23. The first kappa shape index (κ1) is 18.7. The lowest BCUT2D eigenvalue weighted by Gasteiger charge is -2.03. The van der Waals surface area contributed by atoms with E-state index in [0.717, 1.165) is 4.57 Å². The number of amides is 1. The first-order valence-electron chi connectivity index (χ1n) is 8.37. The summed E-state index contributed by atoms with van der Waals surface area (Å²) in [5, 5.41) is 9.67. The fourth-order valence-electron chi connectivity index (χ4n) is 2.99. The van der Waals surface area contributed by atoms with Crippen LogP contribution >= 0.6 is 11.6 Å². The number of aryl methyl sites for hydroxylation is 1. The number of hydrogen-bond donors (Lipinski definition) is 2. The van der Waals surface area contributed by atoms with Crippen LogP contribution < -0.4 is 21.3 Å². The van der Waals surface area contributed by atoms with Crippen LogP contribution in [-0.4, -0.2) is 37.3 Å². The Labute approximate surface area is 166 Å². The van der Waals surface area contributed by atoms with E-state index in [1.54, 1.807) is 6.07 Å². The maximum atomic E-state index is 12.4. The molecule has 0 saturated carbocycles. The summed E-state index contributed by atoms with van der Waals surface area (Å²) in [5.41, 5.74) is 0.237. The van der Waals surface area contributed by atoms with Crippen LogP contribution in [0.4, 0.5) is 6.01 Å². The molecule has 29 heavy (non-hydrogen) atoms. The quantitative estimate of drug-likeness (QED) is 0.503. The molecule has 4 aromatic rings. The summed E-state index contributed by atoms with van der Waals surface area (Å²) in [5.74, 6) is -0.0753. The van der Waals surface area contributed by atoms with Crippen LogP contribution in [0.5, 0.6) is 5.75 Å². The molecule has 0 aliphatic heterocycles. The Morgan fingerprint density at radius 1 is 1.31 bits per heavy atom. The van der Waals surface area contributed by atoms with Gasteiger partial charge in [-0.25, -0.2) is 4.79 Å². The van der Waals surface area contributed by atoms with Crippen molar-refractivity contribution in [3.8, 4) is 5.75 Å². The molecule has 12 heteroatoms. The average Bonchev–Trinajstić information content (AvgIpc) is 3.27. The van der Waals surface area contributed by atoms with Crippen LogP contribution in [-0.2, 0) is 25.3 Å². The highest BCUT2D eigenvalue weighted by molar-refractivity contribution is 6.32. The lowest BCUT2D eigenvalue weighted by Crippen LogP contribution is -2.37. The summed E-state index contributed by atoms with van der Waals surface area (Å²) < 4.78 is 12.8. The molecule has 0 bridgehead atoms. The third-order valence-electron chi connectivity index (χ3n) is 4.49. The lowest BCUT2D eigenvalue weighted by molar-refractivity contribution is -0.115. The number of anilines is 1. The lowest BCUT2D eigenvalue weighted by atomic mass is 10.2. The smallest absolute Gasteiger partial charge is 0.332 e. The van der Waals surface area contributed by atoms with Gasteiger partial charge < -0.3 is 9.15 Å². The molecule has 2 N–H and O–H groups in total. The number of aromatic amines is 1. The predicted octanol–water partition coefficient (Wildman–Crippen LogP) is 0.945. The zero-order valence-electron chi connectivity index (χ0n) is 15.6. The predicted molar refractivity (Wildman–Crippen MR) is 104 cm³/mol. The topological polar surface area (TPSA) is 137 Å². The van der Waals surface area contributed by atoms with Crippen LogP contribution in [0.2, 0.25) is 5.02 Å². The number of fused-ring (bicyclic) bond motifs is 2. The first-order valence-corrected chi connectivity index (χ1v) is 8.75. The van der Waals surface area contributed by atoms with Gasteiger partial charge in [-0.2, -0.15) is 10.1 Å². The third-order valence-corrected chi connectivity index (χ3v) is 4.78. The van der Waals surface area contributed by atoms with Crippen molar-refractivity contribution in [2.45, 2.75) is 6.42 Å². The molecule has 0 saturated heterocycles. The highest BCUT2D eigenvalue weighted by atomic mass is 35.5.